The molecule has 1 fully saturated rings. The van der Waals surface area contributed by atoms with E-state index in [0.717, 1.165) is 56.1 Å². The molecule has 1 aliphatic rings. The minimum Gasteiger partial charge on any atom is -0.464 e. The Kier molecular flexibility index (Phi) is 6.00. The minimum atomic E-state index is 0.0864. The Balaban J connectivity index is 1.83. The van der Waals surface area contributed by atoms with Crippen LogP contribution >= 0.6 is 11.8 Å². The molecule has 0 saturated carbocycles. The highest BCUT2D eigenvalue weighted by molar-refractivity contribution is 7.97. The quantitative estimate of drug-likeness (QED) is 0.826. The summed E-state index contributed by atoms with van der Waals surface area (Å²) in [4.78, 5) is 0. The lowest BCUT2D eigenvalue weighted by molar-refractivity contribution is -0.0933. The van der Waals surface area contributed by atoms with Crippen LogP contribution < -0.4 is 5.32 Å². The van der Waals surface area contributed by atoms with Crippen molar-refractivity contribution in [1.29, 1.82) is 0 Å². The van der Waals surface area contributed by atoms with Crippen molar-refractivity contribution in [3.8, 4) is 0 Å². The highest BCUT2D eigenvalue weighted by Gasteiger charge is 2.34. The molecule has 0 aliphatic carbocycles. The summed E-state index contributed by atoms with van der Waals surface area (Å²) in [6, 6.07) is 4.71. The molecule has 2 heterocycles. The summed E-state index contributed by atoms with van der Waals surface area (Å²) in [7, 11) is 0. The molecule has 2 rings (SSSR count). The lowest BCUT2D eigenvalue weighted by atomic mass is 9.86. The normalized spacial score (nSPS) is 22.1. The second-order valence-corrected chi connectivity index (χ2v) is 6.48. The Bertz CT molecular complexity index is 401. The maximum atomic E-state index is 6.02. The van der Waals surface area contributed by atoms with Gasteiger partial charge in [0.05, 0.1) is 17.9 Å². The van der Waals surface area contributed by atoms with E-state index in [-0.39, 0.29) is 5.60 Å². The van der Waals surface area contributed by atoms with Crippen LogP contribution in [-0.2, 0) is 17.0 Å². The fraction of sp³-hybridized carbons (Fsp3) is 0.750. The van der Waals surface area contributed by atoms with Gasteiger partial charge in [-0.2, -0.15) is 11.8 Å². The first kappa shape index (κ1) is 15.9. The number of rotatable bonds is 7. The van der Waals surface area contributed by atoms with Gasteiger partial charge in [-0.1, -0.05) is 13.8 Å². The van der Waals surface area contributed by atoms with Crippen molar-refractivity contribution < 1.29 is 9.15 Å². The number of hydrogen-bond donors (Lipinski definition) is 1. The first-order valence-corrected chi connectivity index (χ1v) is 9.04. The first-order valence-electron chi connectivity index (χ1n) is 7.65. The average molecular weight is 297 g/mol. The molecular weight excluding hydrogens is 270 g/mol. The van der Waals surface area contributed by atoms with Crippen LogP contribution in [0.15, 0.2) is 16.5 Å². The van der Waals surface area contributed by atoms with E-state index in [1.807, 2.05) is 0 Å². The molecule has 1 unspecified atom stereocenters. The van der Waals surface area contributed by atoms with Crippen molar-refractivity contribution in [2.24, 2.45) is 0 Å². The van der Waals surface area contributed by atoms with Crippen molar-refractivity contribution in [3.63, 3.8) is 0 Å². The Morgan fingerprint density at radius 2 is 2.05 bits per heavy atom. The molecular formula is C16H27NO2S. The molecule has 1 aliphatic heterocycles. The molecule has 1 N–H and O–H groups in total. The molecule has 114 valence electrons. The Labute approximate surface area is 126 Å². The third kappa shape index (κ3) is 4.03. The van der Waals surface area contributed by atoms with Gasteiger partial charge in [-0.15, -0.1) is 0 Å². The fourth-order valence-electron chi connectivity index (χ4n) is 2.93. The molecule has 0 spiro atoms. The number of nitrogens with one attached hydrogen (secondary N) is 1. The van der Waals surface area contributed by atoms with E-state index in [1.165, 1.54) is 0 Å². The highest BCUT2D eigenvalue weighted by Crippen LogP contribution is 2.31. The van der Waals surface area contributed by atoms with Gasteiger partial charge in [0.2, 0.25) is 0 Å². The fourth-order valence-corrected chi connectivity index (χ4v) is 3.37. The van der Waals surface area contributed by atoms with Crippen LogP contribution in [-0.4, -0.2) is 24.5 Å². The zero-order valence-corrected chi connectivity index (χ0v) is 13.7. The summed E-state index contributed by atoms with van der Waals surface area (Å²) in [6.45, 7) is 6.15. The molecule has 1 saturated heterocycles. The van der Waals surface area contributed by atoms with Gasteiger partial charge in [0.15, 0.2) is 0 Å². The SMILES string of the molecule is CCC1(CC)CC(NCc2ccc(CSC)o2)CCO1. The Hall–Kier alpha value is -0.450. The van der Waals surface area contributed by atoms with E-state index in [1.54, 1.807) is 11.8 Å². The predicted octanol–water partition coefficient (Wildman–Crippen LogP) is 3.97. The summed E-state index contributed by atoms with van der Waals surface area (Å²) in [5.74, 6) is 3.06. The van der Waals surface area contributed by atoms with Crippen molar-refractivity contribution in [2.75, 3.05) is 12.9 Å². The second-order valence-electron chi connectivity index (χ2n) is 5.61. The standard InChI is InChI=1S/C16H27NO2S/c1-4-16(5-2)10-13(8-9-18-16)17-11-14-6-7-15(19-14)12-20-3/h6-7,13,17H,4-5,8-12H2,1-3H3. The smallest absolute Gasteiger partial charge is 0.118 e. The van der Waals surface area contributed by atoms with Crippen molar-refractivity contribution >= 4 is 11.8 Å². The monoisotopic (exact) mass is 297 g/mol. The molecule has 0 aromatic carbocycles. The summed E-state index contributed by atoms with van der Waals surface area (Å²) in [5, 5.41) is 3.64. The first-order chi connectivity index (χ1) is 9.71. The van der Waals surface area contributed by atoms with E-state index in [4.69, 9.17) is 9.15 Å². The van der Waals surface area contributed by atoms with E-state index < -0.39 is 0 Å². The summed E-state index contributed by atoms with van der Waals surface area (Å²) < 4.78 is 11.8. The molecule has 0 radical (unpaired) electrons. The van der Waals surface area contributed by atoms with Gasteiger partial charge < -0.3 is 14.5 Å². The third-order valence-corrected chi connectivity index (χ3v) is 4.92. The molecule has 0 amide bonds. The third-order valence-electron chi connectivity index (χ3n) is 4.35. The van der Waals surface area contributed by atoms with Crippen molar-refractivity contribution in [1.82, 2.24) is 5.32 Å². The largest absolute Gasteiger partial charge is 0.464 e. The van der Waals surface area contributed by atoms with E-state index in [2.05, 4.69) is 37.6 Å². The van der Waals surface area contributed by atoms with Crippen LogP contribution in [0, 0.1) is 0 Å². The van der Waals surface area contributed by atoms with Gasteiger partial charge in [-0.25, -0.2) is 0 Å². The topological polar surface area (TPSA) is 34.4 Å². The number of furan rings is 1. The molecule has 4 heteroatoms. The van der Waals surface area contributed by atoms with Crippen LogP contribution in [0.4, 0.5) is 0 Å². The molecule has 3 nitrogen and oxygen atoms in total. The molecule has 1 aromatic heterocycles. The molecule has 1 aromatic rings. The van der Waals surface area contributed by atoms with Gasteiger partial charge in [-0.05, 0) is 44.1 Å². The zero-order valence-electron chi connectivity index (χ0n) is 12.9. The number of thioether (sulfide) groups is 1. The summed E-state index contributed by atoms with van der Waals surface area (Å²) >= 11 is 1.79. The van der Waals surface area contributed by atoms with E-state index in [0.29, 0.717) is 6.04 Å². The van der Waals surface area contributed by atoms with Crippen molar-refractivity contribution in [2.45, 2.75) is 63.5 Å². The average Bonchev–Trinajstić information content (AvgIpc) is 2.93. The van der Waals surface area contributed by atoms with Crippen LogP contribution in [0.1, 0.15) is 51.1 Å². The van der Waals surface area contributed by atoms with Gasteiger partial charge in [-0.3, -0.25) is 0 Å². The van der Waals surface area contributed by atoms with Gasteiger partial charge in [0.1, 0.15) is 11.5 Å². The van der Waals surface area contributed by atoms with E-state index in [9.17, 15) is 0 Å². The lowest BCUT2D eigenvalue weighted by Gasteiger charge is -2.40. The van der Waals surface area contributed by atoms with Gasteiger partial charge in [0.25, 0.3) is 0 Å². The van der Waals surface area contributed by atoms with Crippen LogP contribution in [0.3, 0.4) is 0 Å². The summed E-state index contributed by atoms with van der Waals surface area (Å²) in [6.07, 6.45) is 6.50. The van der Waals surface area contributed by atoms with Gasteiger partial charge in [0, 0.05) is 12.6 Å². The van der Waals surface area contributed by atoms with Crippen molar-refractivity contribution in [3.05, 3.63) is 23.7 Å². The summed E-state index contributed by atoms with van der Waals surface area (Å²) in [5.41, 5.74) is 0.0864. The van der Waals surface area contributed by atoms with E-state index >= 15 is 0 Å². The molecule has 1 atom stereocenters. The van der Waals surface area contributed by atoms with Crippen LogP contribution in [0.2, 0.25) is 0 Å². The van der Waals surface area contributed by atoms with Crippen LogP contribution in [0.5, 0.6) is 0 Å². The lowest BCUT2D eigenvalue weighted by Crippen LogP contribution is -2.46. The number of ether oxygens (including phenoxy) is 1. The number of hydrogen-bond acceptors (Lipinski definition) is 4. The molecule has 0 bridgehead atoms. The van der Waals surface area contributed by atoms with Gasteiger partial charge >= 0.3 is 0 Å². The Morgan fingerprint density at radius 3 is 2.75 bits per heavy atom. The Morgan fingerprint density at radius 1 is 1.30 bits per heavy atom. The highest BCUT2D eigenvalue weighted by atomic mass is 32.2. The maximum absolute atomic E-state index is 6.02. The maximum Gasteiger partial charge on any atom is 0.118 e. The molecule has 20 heavy (non-hydrogen) atoms. The van der Waals surface area contributed by atoms with Crippen LogP contribution in [0.25, 0.3) is 0 Å². The zero-order chi connectivity index (χ0) is 14.4. The second kappa shape index (κ2) is 7.53. The predicted molar refractivity (Wildman–Crippen MR) is 85.1 cm³/mol. The minimum absolute atomic E-state index is 0.0864.